The normalized spacial score (nSPS) is 20.7. The third-order valence-corrected chi connectivity index (χ3v) is 4.28. The SMILES string of the molecule is O=C(O)[C@@H]1CN(Cc2nc(-c3cccc([N+](=O)[O-])c3)no2)C[C@H]1C(F)(F)F. The molecule has 0 unspecified atom stereocenters. The smallest absolute Gasteiger partial charge is 0.393 e. The molecule has 1 N–H and O–H groups in total. The van der Waals surface area contributed by atoms with Crippen molar-refractivity contribution in [1.29, 1.82) is 0 Å². The molecule has 1 aliphatic heterocycles. The fraction of sp³-hybridized carbons (Fsp3) is 0.400. The zero-order chi connectivity index (χ0) is 19.8. The van der Waals surface area contributed by atoms with Crippen molar-refractivity contribution in [3.8, 4) is 11.4 Å². The Hall–Kier alpha value is -3.02. The maximum atomic E-state index is 13.0. The average Bonchev–Trinajstić information content (AvgIpc) is 3.22. The molecule has 2 heterocycles. The van der Waals surface area contributed by atoms with Gasteiger partial charge < -0.3 is 9.63 Å². The molecule has 1 fully saturated rings. The van der Waals surface area contributed by atoms with Gasteiger partial charge in [0.2, 0.25) is 11.7 Å². The summed E-state index contributed by atoms with van der Waals surface area (Å²) >= 11 is 0. The van der Waals surface area contributed by atoms with Crippen LogP contribution in [0.3, 0.4) is 0 Å². The molecule has 0 spiro atoms. The van der Waals surface area contributed by atoms with Crippen molar-refractivity contribution in [2.45, 2.75) is 12.7 Å². The zero-order valence-electron chi connectivity index (χ0n) is 13.6. The van der Waals surface area contributed by atoms with Gasteiger partial charge in [-0.15, -0.1) is 0 Å². The van der Waals surface area contributed by atoms with Crippen molar-refractivity contribution in [3.63, 3.8) is 0 Å². The van der Waals surface area contributed by atoms with Crippen LogP contribution in [0.25, 0.3) is 11.4 Å². The third-order valence-electron chi connectivity index (χ3n) is 4.28. The second-order valence-corrected chi connectivity index (χ2v) is 6.11. The van der Waals surface area contributed by atoms with Gasteiger partial charge in [-0.3, -0.25) is 19.8 Å². The minimum absolute atomic E-state index is 0.0107. The molecular formula is C15H13F3N4O5. The Morgan fingerprint density at radius 2 is 2.15 bits per heavy atom. The molecule has 0 aliphatic carbocycles. The largest absolute Gasteiger partial charge is 0.481 e. The molecule has 12 heteroatoms. The van der Waals surface area contributed by atoms with Gasteiger partial charge in [-0.2, -0.15) is 18.2 Å². The van der Waals surface area contributed by atoms with Crippen molar-refractivity contribution >= 4 is 11.7 Å². The Morgan fingerprint density at radius 1 is 1.41 bits per heavy atom. The first-order chi connectivity index (χ1) is 12.6. The maximum absolute atomic E-state index is 13.0. The van der Waals surface area contributed by atoms with Crippen LogP contribution in [-0.2, 0) is 11.3 Å². The zero-order valence-corrected chi connectivity index (χ0v) is 13.6. The van der Waals surface area contributed by atoms with Crippen LogP contribution in [0.1, 0.15) is 5.89 Å². The van der Waals surface area contributed by atoms with E-state index in [2.05, 4.69) is 10.1 Å². The number of carboxylic acid groups (broad SMARTS) is 1. The lowest BCUT2D eigenvalue weighted by Gasteiger charge is -2.17. The molecule has 0 saturated carbocycles. The number of nitrogens with zero attached hydrogens (tertiary/aromatic N) is 4. The predicted molar refractivity (Wildman–Crippen MR) is 82.3 cm³/mol. The molecule has 1 aromatic heterocycles. The van der Waals surface area contributed by atoms with E-state index in [4.69, 9.17) is 9.63 Å². The summed E-state index contributed by atoms with van der Waals surface area (Å²) in [6.07, 6.45) is -4.62. The predicted octanol–water partition coefficient (Wildman–Crippen LogP) is 2.34. The summed E-state index contributed by atoms with van der Waals surface area (Å²) in [5, 5.41) is 23.5. The fourth-order valence-corrected chi connectivity index (χ4v) is 2.98. The number of likely N-dealkylation sites (tertiary alicyclic amines) is 1. The summed E-state index contributed by atoms with van der Waals surface area (Å²) in [6, 6.07) is 5.50. The minimum Gasteiger partial charge on any atom is -0.481 e. The van der Waals surface area contributed by atoms with Crippen LogP contribution in [0.5, 0.6) is 0 Å². The number of carbonyl (C=O) groups is 1. The lowest BCUT2D eigenvalue weighted by Crippen LogP contribution is -2.33. The highest BCUT2D eigenvalue weighted by Gasteiger charge is 2.52. The quantitative estimate of drug-likeness (QED) is 0.614. The lowest BCUT2D eigenvalue weighted by molar-refractivity contribution is -0.384. The number of benzene rings is 1. The first-order valence-corrected chi connectivity index (χ1v) is 7.74. The Kier molecular flexibility index (Phi) is 4.83. The van der Waals surface area contributed by atoms with Crippen LogP contribution in [-0.4, -0.2) is 50.3 Å². The summed E-state index contributed by atoms with van der Waals surface area (Å²) in [4.78, 5) is 26.6. The van der Waals surface area contributed by atoms with Crippen LogP contribution in [0, 0.1) is 22.0 Å². The Balaban J connectivity index is 1.74. The van der Waals surface area contributed by atoms with Crippen LogP contribution in [0.2, 0.25) is 0 Å². The average molecular weight is 386 g/mol. The number of non-ortho nitro benzene ring substituents is 1. The Morgan fingerprint density at radius 3 is 2.74 bits per heavy atom. The number of carboxylic acids is 1. The molecule has 0 bridgehead atoms. The summed E-state index contributed by atoms with van der Waals surface area (Å²) in [5.74, 6) is -5.01. The van der Waals surface area contributed by atoms with E-state index in [0.717, 1.165) is 0 Å². The van der Waals surface area contributed by atoms with Crippen molar-refractivity contribution in [1.82, 2.24) is 15.0 Å². The second kappa shape index (κ2) is 6.95. The molecule has 1 aliphatic rings. The summed E-state index contributed by atoms with van der Waals surface area (Å²) < 4.78 is 44.0. The van der Waals surface area contributed by atoms with Crippen molar-refractivity contribution < 1.29 is 32.5 Å². The molecule has 1 saturated heterocycles. The van der Waals surface area contributed by atoms with Gasteiger partial charge in [-0.1, -0.05) is 17.3 Å². The monoisotopic (exact) mass is 386 g/mol. The Labute approximate surface area is 149 Å². The van der Waals surface area contributed by atoms with Crippen molar-refractivity contribution in [2.75, 3.05) is 13.1 Å². The van der Waals surface area contributed by atoms with E-state index in [-0.39, 0.29) is 30.5 Å². The van der Waals surface area contributed by atoms with E-state index >= 15 is 0 Å². The van der Waals surface area contributed by atoms with Crippen molar-refractivity contribution in [2.24, 2.45) is 11.8 Å². The van der Waals surface area contributed by atoms with E-state index < -0.39 is 35.4 Å². The van der Waals surface area contributed by atoms with Gasteiger partial charge in [-0.25, -0.2) is 0 Å². The van der Waals surface area contributed by atoms with Crippen molar-refractivity contribution in [3.05, 3.63) is 40.3 Å². The molecule has 1 aromatic carbocycles. The molecule has 0 radical (unpaired) electrons. The van der Waals surface area contributed by atoms with Gasteiger partial charge in [0.25, 0.3) is 5.69 Å². The molecule has 9 nitrogen and oxygen atoms in total. The van der Waals surface area contributed by atoms with Crippen LogP contribution in [0.4, 0.5) is 18.9 Å². The van der Waals surface area contributed by atoms with E-state index in [0.29, 0.717) is 5.56 Å². The molecule has 3 rings (SSSR count). The minimum atomic E-state index is -4.62. The number of aliphatic carboxylic acids is 1. The summed E-state index contributed by atoms with van der Waals surface area (Å²) in [7, 11) is 0. The van der Waals surface area contributed by atoms with E-state index in [1.807, 2.05) is 0 Å². The molecule has 27 heavy (non-hydrogen) atoms. The second-order valence-electron chi connectivity index (χ2n) is 6.11. The number of alkyl halides is 3. The highest BCUT2D eigenvalue weighted by molar-refractivity contribution is 5.71. The molecular weight excluding hydrogens is 373 g/mol. The maximum Gasteiger partial charge on any atom is 0.393 e. The van der Waals surface area contributed by atoms with Gasteiger partial charge in [-0.05, 0) is 0 Å². The fourth-order valence-electron chi connectivity index (χ4n) is 2.98. The van der Waals surface area contributed by atoms with Crippen LogP contribution >= 0.6 is 0 Å². The molecule has 2 aromatic rings. The number of hydrogen-bond donors (Lipinski definition) is 1. The van der Waals surface area contributed by atoms with Gasteiger partial charge in [0.15, 0.2) is 0 Å². The number of hydrogen-bond acceptors (Lipinski definition) is 7. The number of aromatic nitrogens is 2. The Bertz CT molecular complexity index is 869. The topological polar surface area (TPSA) is 123 Å². The van der Waals surface area contributed by atoms with Crippen LogP contribution in [0.15, 0.2) is 28.8 Å². The lowest BCUT2D eigenvalue weighted by atomic mass is 9.96. The molecule has 0 amide bonds. The van der Waals surface area contributed by atoms with E-state index in [1.165, 1.54) is 29.2 Å². The number of nitro benzene ring substituents is 1. The highest BCUT2D eigenvalue weighted by Crippen LogP contribution is 2.38. The summed E-state index contributed by atoms with van der Waals surface area (Å²) in [5.41, 5.74) is 0.146. The van der Waals surface area contributed by atoms with Crippen LogP contribution < -0.4 is 0 Å². The number of nitro groups is 1. The van der Waals surface area contributed by atoms with Gasteiger partial charge in [0.1, 0.15) is 0 Å². The van der Waals surface area contributed by atoms with Gasteiger partial charge in [0.05, 0.1) is 23.3 Å². The summed E-state index contributed by atoms with van der Waals surface area (Å²) in [6.45, 7) is -0.943. The van der Waals surface area contributed by atoms with Gasteiger partial charge >= 0.3 is 12.1 Å². The first-order valence-electron chi connectivity index (χ1n) is 7.74. The molecule has 2 atom stereocenters. The van der Waals surface area contributed by atoms with E-state index in [1.54, 1.807) is 0 Å². The standard InChI is InChI=1S/C15H13F3N4O5/c16-15(17,18)11-6-21(5-10(11)14(23)24)7-12-19-13(20-27-12)8-2-1-3-9(4-8)22(25)26/h1-4,10-11H,5-7H2,(H,23,24)/t10-,11-/m1/s1. The third kappa shape index (κ3) is 4.05. The number of rotatable bonds is 5. The highest BCUT2D eigenvalue weighted by atomic mass is 19.4. The number of halogens is 3. The first kappa shape index (κ1) is 18.8. The van der Waals surface area contributed by atoms with E-state index in [9.17, 15) is 28.1 Å². The van der Waals surface area contributed by atoms with Gasteiger partial charge in [0, 0.05) is 30.8 Å². The molecule has 144 valence electrons.